The highest BCUT2D eigenvalue weighted by Gasteiger charge is 2.14. The zero-order chi connectivity index (χ0) is 19.9. The smallest absolute Gasteiger partial charge is 0.141 e. The van der Waals surface area contributed by atoms with Crippen molar-refractivity contribution in [3.63, 3.8) is 0 Å². The average molecular weight is 407 g/mol. The van der Waals surface area contributed by atoms with Crippen molar-refractivity contribution in [1.29, 1.82) is 0 Å². The fraction of sp³-hybridized carbons (Fsp3) is 0.0833. The molecule has 2 N–H and O–H groups in total. The van der Waals surface area contributed by atoms with Gasteiger partial charge in [0.2, 0.25) is 0 Å². The molecule has 2 atom stereocenters. The second kappa shape index (κ2) is 9.47. The van der Waals surface area contributed by atoms with Gasteiger partial charge in [0.05, 0.1) is 0 Å². The highest BCUT2D eigenvalue weighted by Crippen LogP contribution is 2.23. The fourth-order valence-corrected chi connectivity index (χ4v) is 2.79. The quantitative estimate of drug-likeness (QED) is 0.576. The molecule has 0 spiro atoms. The number of aliphatic hydroxyl groups excluding tert-OH is 2. The van der Waals surface area contributed by atoms with Crippen LogP contribution in [0.4, 0.5) is 0 Å². The minimum absolute atomic E-state index is 0.516. The van der Waals surface area contributed by atoms with Crippen molar-refractivity contribution < 1.29 is 10.2 Å². The van der Waals surface area contributed by atoms with Crippen LogP contribution in [0, 0.1) is 23.7 Å². The fourth-order valence-electron chi connectivity index (χ4n) is 2.53. The van der Waals surface area contributed by atoms with Gasteiger partial charge in [-0.15, -0.1) is 0 Å². The molecule has 0 fully saturated rings. The van der Waals surface area contributed by atoms with E-state index in [-0.39, 0.29) is 0 Å². The van der Waals surface area contributed by atoms with Crippen LogP contribution in [0.5, 0.6) is 0 Å². The van der Waals surface area contributed by atoms with E-state index in [1.165, 1.54) is 0 Å². The molecule has 0 heterocycles. The van der Waals surface area contributed by atoms with E-state index >= 15 is 0 Å². The zero-order valence-electron chi connectivity index (χ0n) is 14.7. The van der Waals surface area contributed by atoms with Crippen molar-refractivity contribution in [2.75, 3.05) is 0 Å². The molecular formula is C24H16Cl2O2. The molecule has 0 aliphatic heterocycles. The molecule has 3 aromatic rings. The molecule has 2 nitrogen and oxygen atoms in total. The SMILES string of the molecule is OC(C#Cc1ccc(Cl)cc1)c1ccccc1C(O)C#Cc1ccc(Cl)cc1. The Labute approximate surface area is 174 Å². The maximum absolute atomic E-state index is 10.5. The third-order valence-electron chi connectivity index (χ3n) is 3.98. The summed E-state index contributed by atoms with van der Waals surface area (Å²) in [5.41, 5.74) is 2.51. The average Bonchev–Trinajstić information content (AvgIpc) is 2.72. The van der Waals surface area contributed by atoms with Crippen LogP contribution in [-0.2, 0) is 0 Å². The van der Waals surface area contributed by atoms with Crippen molar-refractivity contribution in [2.24, 2.45) is 0 Å². The number of aliphatic hydroxyl groups is 2. The lowest BCUT2D eigenvalue weighted by Crippen LogP contribution is -2.04. The zero-order valence-corrected chi connectivity index (χ0v) is 16.2. The molecule has 28 heavy (non-hydrogen) atoms. The Morgan fingerprint density at radius 2 is 0.929 bits per heavy atom. The van der Waals surface area contributed by atoms with Crippen LogP contribution in [0.2, 0.25) is 10.0 Å². The second-order valence-corrected chi connectivity index (χ2v) is 6.86. The molecule has 0 amide bonds. The molecule has 0 radical (unpaired) electrons. The third-order valence-corrected chi connectivity index (χ3v) is 4.48. The van der Waals surface area contributed by atoms with Crippen molar-refractivity contribution in [1.82, 2.24) is 0 Å². The molecule has 2 unspecified atom stereocenters. The Bertz CT molecular complexity index is 977. The Morgan fingerprint density at radius 3 is 1.29 bits per heavy atom. The molecular weight excluding hydrogens is 391 g/mol. The summed E-state index contributed by atoms with van der Waals surface area (Å²) in [6.45, 7) is 0. The lowest BCUT2D eigenvalue weighted by molar-refractivity contribution is 0.215. The molecule has 0 aliphatic carbocycles. The molecule has 0 saturated heterocycles. The molecule has 3 rings (SSSR count). The summed E-state index contributed by atoms with van der Waals surface area (Å²) in [6.07, 6.45) is -2.11. The Morgan fingerprint density at radius 1 is 0.571 bits per heavy atom. The van der Waals surface area contributed by atoms with E-state index in [9.17, 15) is 10.2 Å². The first-order valence-electron chi connectivity index (χ1n) is 8.52. The van der Waals surface area contributed by atoms with E-state index in [1.807, 2.05) is 0 Å². The Hall–Kier alpha value is -2.72. The highest BCUT2D eigenvalue weighted by molar-refractivity contribution is 6.30. The Kier molecular flexibility index (Phi) is 6.77. The largest absolute Gasteiger partial charge is 0.376 e. The van der Waals surface area contributed by atoms with E-state index in [0.717, 1.165) is 11.1 Å². The van der Waals surface area contributed by atoms with Gasteiger partial charge in [-0.1, -0.05) is 71.1 Å². The van der Waals surface area contributed by atoms with E-state index in [0.29, 0.717) is 21.2 Å². The summed E-state index contributed by atoms with van der Waals surface area (Å²) >= 11 is 11.7. The van der Waals surface area contributed by atoms with Crippen LogP contribution in [0.1, 0.15) is 34.5 Å². The van der Waals surface area contributed by atoms with Crippen LogP contribution in [-0.4, -0.2) is 10.2 Å². The van der Waals surface area contributed by atoms with Gasteiger partial charge in [0, 0.05) is 21.2 Å². The van der Waals surface area contributed by atoms with Crippen LogP contribution in [0.25, 0.3) is 0 Å². The van der Waals surface area contributed by atoms with Crippen LogP contribution in [0.3, 0.4) is 0 Å². The van der Waals surface area contributed by atoms with Gasteiger partial charge in [0.1, 0.15) is 12.2 Å². The molecule has 138 valence electrons. The van der Waals surface area contributed by atoms with E-state index < -0.39 is 12.2 Å². The lowest BCUT2D eigenvalue weighted by atomic mass is 9.98. The summed E-state index contributed by atoms with van der Waals surface area (Å²) in [6, 6.07) is 21.1. The predicted octanol–water partition coefficient (Wildman–Crippen LogP) is 5.16. The van der Waals surface area contributed by atoms with Gasteiger partial charge in [0.25, 0.3) is 0 Å². The van der Waals surface area contributed by atoms with Crippen LogP contribution in [0.15, 0.2) is 72.8 Å². The first-order valence-corrected chi connectivity index (χ1v) is 9.28. The second-order valence-electron chi connectivity index (χ2n) is 5.99. The highest BCUT2D eigenvalue weighted by atomic mass is 35.5. The maximum Gasteiger partial charge on any atom is 0.141 e. The van der Waals surface area contributed by atoms with Gasteiger partial charge in [-0.3, -0.25) is 0 Å². The van der Waals surface area contributed by atoms with Gasteiger partial charge in [-0.2, -0.15) is 0 Å². The molecule has 0 aliphatic rings. The van der Waals surface area contributed by atoms with E-state index in [2.05, 4.69) is 23.7 Å². The third kappa shape index (κ3) is 5.40. The molecule has 3 aromatic carbocycles. The van der Waals surface area contributed by atoms with Crippen molar-refractivity contribution in [2.45, 2.75) is 12.2 Å². The monoisotopic (exact) mass is 406 g/mol. The minimum atomic E-state index is -1.06. The number of halogens is 2. The summed E-state index contributed by atoms with van der Waals surface area (Å²) in [4.78, 5) is 0. The summed E-state index contributed by atoms with van der Waals surface area (Å²) < 4.78 is 0. The van der Waals surface area contributed by atoms with Gasteiger partial charge in [0.15, 0.2) is 0 Å². The van der Waals surface area contributed by atoms with Gasteiger partial charge < -0.3 is 10.2 Å². The van der Waals surface area contributed by atoms with Crippen molar-refractivity contribution >= 4 is 23.2 Å². The first-order chi connectivity index (χ1) is 13.5. The number of rotatable bonds is 2. The van der Waals surface area contributed by atoms with Crippen LogP contribution >= 0.6 is 23.2 Å². The van der Waals surface area contributed by atoms with Crippen LogP contribution < -0.4 is 0 Å². The van der Waals surface area contributed by atoms with Gasteiger partial charge >= 0.3 is 0 Å². The van der Waals surface area contributed by atoms with E-state index in [4.69, 9.17) is 23.2 Å². The minimum Gasteiger partial charge on any atom is -0.376 e. The van der Waals surface area contributed by atoms with Gasteiger partial charge in [-0.25, -0.2) is 0 Å². The van der Waals surface area contributed by atoms with Crippen molar-refractivity contribution in [3.8, 4) is 23.7 Å². The summed E-state index contributed by atoms with van der Waals surface area (Å²) in [5, 5.41) is 22.3. The Balaban J connectivity index is 1.82. The van der Waals surface area contributed by atoms with Gasteiger partial charge in [-0.05, 0) is 59.7 Å². The molecule has 0 bridgehead atoms. The summed E-state index contributed by atoms with van der Waals surface area (Å²) in [5.74, 6) is 11.4. The molecule has 0 saturated carbocycles. The standard InChI is InChI=1S/C24H16Cl2O2/c25-19-11-5-17(6-12-19)9-15-23(27)21-3-1-2-4-22(21)24(28)16-10-18-7-13-20(26)14-8-18/h1-8,11-14,23-24,27-28H. The van der Waals surface area contributed by atoms with E-state index in [1.54, 1.807) is 72.8 Å². The molecule has 0 aromatic heterocycles. The summed E-state index contributed by atoms with van der Waals surface area (Å²) in [7, 11) is 0. The number of hydrogen-bond acceptors (Lipinski definition) is 2. The first kappa shape index (κ1) is 20.0. The molecule has 4 heteroatoms. The maximum atomic E-state index is 10.5. The topological polar surface area (TPSA) is 40.5 Å². The normalized spacial score (nSPS) is 12.1. The lowest BCUT2D eigenvalue weighted by Gasteiger charge is -2.13. The number of benzene rings is 3. The van der Waals surface area contributed by atoms with Crippen molar-refractivity contribution in [3.05, 3.63) is 105 Å². The number of hydrogen-bond donors (Lipinski definition) is 2. The predicted molar refractivity (Wildman–Crippen MR) is 113 cm³/mol.